The first-order valence-electron chi connectivity index (χ1n) is 5.48. The number of hydrogen-bond acceptors (Lipinski definition) is 5. The van der Waals surface area contributed by atoms with Crippen molar-refractivity contribution >= 4 is 21.8 Å². The molecule has 0 aliphatic carbocycles. The summed E-state index contributed by atoms with van der Waals surface area (Å²) < 4.78 is 27.5. The highest BCUT2D eigenvalue weighted by Crippen LogP contribution is 2.15. The number of rotatable bonds is 7. The monoisotopic (exact) mass is 290 g/mol. The predicted octanol–water partition coefficient (Wildman–Crippen LogP) is 0.793. The third-order valence-electron chi connectivity index (χ3n) is 2.03. The zero-order valence-electron chi connectivity index (χ0n) is 10.2. The molecule has 0 spiro atoms. The number of sulfonamides is 1. The molecule has 0 aromatic heterocycles. The van der Waals surface area contributed by atoms with E-state index in [2.05, 4.69) is 0 Å². The summed E-state index contributed by atoms with van der Waals surface area (Å²) in [5, 5.41) is 4.99. The van der Waals surface area contributed by atoms with Crippen LogP contribution in [0.4, 0.5) is 0 Å². The van der Waals surface area contributed by atoms with Gasteiger partial charge in [-0.2, -0.15) is 11.8 Å². The average molecular weight is 290 g/mol. The van der Waals surface area contributed by atoms with Crippen LogP contribution in [0, 0.1) is 0 Å². The predicted molar refractivity (Wildman–Crippen MR) is 74.3 cm³/mol. The van der Waals surface area contributed by atoms with Crippen molar-refractivity contribution in [3.63, 3.8) is 0 Å². The van der Waals surface area contributed by atoms with Crippen LogP contribution in [0.15, 0.2) is 29.2 Å². The quantitative estimate of drug-likeness (QED) is 0.724. The third kappa shape index (κ3) is 5.72. The molecule has 0 amide bonds. The maximum absolute atomic E-state index is 11.0. The Morgan fingerprint density at radius 1 is 1.33 bits per heavy atom. The molecule has 1 aromatic rings. The molecule has 0 aliphatic rings. The Bertz CT molecular complexity index is 458. The van der Waals surface area contributed by atoms with Crippen molar-refractivity contribution < 1.29 is 13.2 Å². The van der Waals surface area contributed by atoms with Crippen LogP contribution >= 0.6 is 11.8 Å². The molecule has 7 heteroatoms. The summed E-state index contributed by atoms with van der Waals surface area (Å²) in [5.41, 5.74) is 5.61. The molecule has 0 aliphatic heterocycles. The minimum Gasteiger partial charge on any atom is -0.493 e. The second-order valence-electron chi connectivity index (χ2n) is 3.92. The molecule has 1 rings (SSSR count). The molecule has 0 radical (unpaired) electrons. The Kier molecular flexibility index (Phi) is 5.94. The second-order valence-corrected chi connectivity index (χ2v) is 6.63. The second kappa shape index (κ2) is 6.98. The zero-order chi connectivity index (χ0) is 13.6. The third-order valence-corrected chi connectivity index (χ3v) is 4.18. The van der Waals surface area contributed by atoms with Crippen molar-refractivity contribution in [2.24, 2.45) is 10.9 Å². The van der Waals surface area contributed by atoms with Gasteiger partial charge in [0.05, 0.1) is 11.5 Å². The van der Waals surface area contributed by atoms with Gasteiger partial charge in [-0.25, -0.2) is 13.6 Å². The fourth-order valence-corrected chi connectivity index (χ4v) is 2.47. The molecule has 4 N–H and O–H groups in total. The van der Waals surface area contributed by atoms with Gasteiger partial charge in [-0.1, -0.05) is 0 Å². The van der Waals surface area contributed by atoms with Crippen molar-refractivity contribution in [1.29, 1.82) is 0 Å². The number of ether oxygens (including phenoxy) is 1. The molecule has 102 valence electrons. The van der Waals surface area contributed by atoms with Gasteiger partial charge < -0.3 is 10.5 Å². The summed E-state index contributed by atoms with van der Waals surface area (Å²) in [5.74, 6) is 2.37. The molecule has 18 heavy (non-hydrogen) atoms. The van der Waals surface area contributed by atoms with Gasteiger partial charge in [0, 0.05) is 17.5 Å². The Labute approximate surface area is 112 Å². The molecule has 1 aromatic carbocycles. The van der Waals surface area contributed by atoms with E-state index in [1.54, 1.807) is 23.9 Å². The number of benzene rings is 1. The van der Waals surface area contributed by atoms with Crippen molar-refractivity contribution in [2.75, 3.05) is 18.1 Å². The van der Waals surface area contributed by atoms with Crippen LogP contribution in [0.3, 0.4) is 0 Å². The lowest BCUT2D eigenvalue weighted by atomic mass is 10.3. The van der Waals surface area contributed by atoms with Crippen molar-refractivity contribution in [1.82, 2.24) is 0 Å². The number of primary sulfonamides is 1. The van der Waals surface area contributed by atoms with Crippen molar-refractivity contribution in [2.45, 2.75) is 17.9 Å². The van der Waals surface area contributed by atoms with Gasteiger partial charge in [-0.05, 0) is 31.2 Å². The topological polar surface area (TPSA) is 95.4 Å². The van der Waals surface area contributed by atoms with Gasteiger partial charge >= 0.3 is 0 Å². The van der Waals surface area contributed by atoms with Gasteiger partial charge in [-0.15, -0.1) is 0 Å². The zero-order valence-corrected chi connectivity index (χ0v) is 11.8. The lowest BCUT2D eigenvalue weighted by molar-refractivity contribution is 0.343. The fraction of sp³-hybridized carbons (Fsp3) is 0.455. The van der Waals surface area contributed by atoms with Gasteiger partial charge in [0.25, 0.3) is 0 Å². The SMILES string of the molecule is CC(N)CSCCOc1ccc(S(N)(=O)=O)cc1. The van der Waals surface area contributed by atoms with Crippen molar-refractivity contribution in [3.8, 4) is 5.75 Å². The highest BCUT2D eigenvalue weighted by molar-refractivity contribution is 7.99. The van der Waals surface area contributed by atoms with E-state index in [0.29, 0.717) is 12.4 Å². The van der Waals surface area contributed by atoms with E-state index >= 15 is 0 Å². The summed E-state index contributed by atoms with van der Waals surface area (Å²) >= 11 is 1.72. The Hall–Kier alpha value is -0.760. The Morgan fingerprint density at radius 3 is 2.44 bits per heavy atom. The lowest BCUT2D eigenvalue weighted by Gasteiger charge is -2.07. The Morgan fingerprint density at radius 2 is 1.94 bits per heavy atom. The standard InChI is InChI=1S/C11H18N2O3S2/c1-9(12)8-17-7-6-16-10-2-4-11(5-3-10)18(13,14)15/h2-5,9H,6-8,12H2,1H3,(H2,13,14,15). The summed E-state index contributed by atoms with van der Waals surface area (Å²) in [6.45, 7) is 2.52. The normalized spacial score (nSPS) is 13.3. The van der Waals surface area contributed by atoms with Gasteiger partial charge in [0.2, 0.25) is 10.0 Å². The fourth-order valence-electron chi connectivity index (χ4n) is 1.21. The van der Waals surface area contributed by atoms with Crippen LogP contribution in [0.2, 0.25) is 0 Å². The molecule has 0 saturated carbocycles. The van der Waals surface area contributed by atoms with Crippen LogP contribution in [-0.2, 0) is 10.0 Å². The molecule has 1 unspecified atom stereocenters. The van der Waals surface area contributed by atoms with Crippen LogP contribution < -0.4 is 15.6 Å². The van der Waals surface area contributed by atoms with Gasteiger partial charge in [-0.3, -0.25) is 0 Å². The van der Waals surface area contributed by atoms with E-state index < -0.39 is 10.0 Å². The molecule has 0 fully saturated rings. The molecule has 0 saturated heterocycles. The highest BCUT2D eigenvalue weighted by atomic mass is 32.2. The molecular formula is C11H18N2O3S2. The largest absolute Gasteiger partial charge is 0.493 e. The summed E-state index contributed by atoms with van der Waals surface area (Å²) in [4.78, 5) is 0.0844. The number of thioether (sulfide) groups is 1. The Balaban J connectivity index is 2.36. The summed E-state index contributed by atoms with van der Waals surface area (Å²) in [7, 11) is -3.63. The number of nitrogens with two attached hydrogens (primary N) is 2. The van der Waals surface area contributed by atoms with E-state index in [9.17, 15) is 8.42 Å². The molecule has 1 atom stereocenters. The van der Waals surface area contributed by atoms with E-state index in [0.717, 1.165) is 11.5 Å². The first-order valence-corrected chi connectivity index (χ1v) is 8.18. The molecular weight excluding hydrogens is 272 g/mol. The molecule has 0 heterocycles. The highest BCUT2D eigenvalue weighted by Gasteiger charge is 2.06. The maximum Gasteiger partial charge on any atom is 0.238 e. The average Bonchev–Trinajstić information content (AvgIpc) is 2.27. The van der Waals surface area contributed by atoms with Crippen molar-refractivity contribution in [3.05, 3.63) is 24.3 Å². The van der Waals surface area contributed by atoms with Crippen LogP contribution in [0.1, 0.15) is 6.92 Å². The van der Waals surface area contributed by atoms with Crippen LogP contribution in [0.25, 0.3) is 0 Å². The van der Waals surface area contributed by atoms with Gasteiger partial charge in [0.1, 0.15) is 5.75 Å². The van der Waals surface area contributed by atoms with E-state index in [1.807, 2.05) is 6.92 Å². The van der Waals surface area contributed by atoms with Crippen LogP contribution in [-0.4, -0.2) is 32.6 Å². The minimum atomic E-state index is -3.63. The summed E-state index contributed by atoms with van der Waals surface area (Å²) in [6.07, 6.45) is 0. The van der Waals surface area contributed by atoms with E-state index in [1.165, 1.54) is 12.1 Å². The van der Waals surface area contributed by atoms with E-state index in [-0.39, 0.29) is 10.9 Å². The molecule has 0 bridgehead atoms. The smallest absolute Gasteiger partial charge is 0.238 e. The summed E-state index contributed by atoms with van der Waals surface area (Å²) in [6, 6.07) is 6.23. The first kappa shape index (κ1) is 15.3. The lowest BCUT2D eigenvalue weighted by Crippen LogP contribution is -2.18. The minimum absolute atomic E-state index is 0.0844. The first-order chi connectivity index (χ1) is 8.39. The molecule has 5 nitrogen and oxygen atoms in total. The number of hydrogen-bond donors (Lipinski definition) is 2. The maximum atomic E-state index is 11.0. The van der Waals surface area contributed by atoms with Crippen LogP contribution in [0.5, 0.6) is 5.75 Å². The van der Waals surface area contributed by atoms with E-state index in [4.69, 9.17) is 15.6 Å². The van der Waals surface area contributed by atoms with Gasteiger partial charge in [0.15, 0.2) is 0 Å².